The second kappa shape index (κ2) is 11.8. The minimum atomic E-state index is -0.349. The summed E-state index contributed by atoms with van der Waals surface area (Å²) in [5.41, 5.74) is 3.16. The summed E-state index contributed by atoms with van der Waals surface area (Å²) in [6.07, 6.45) is 4.56. The molecule has 0 radical (unpaired) electrons. The summed E-state index contributed by atoms with van der Waals surface area (Å²) >= 11 is 0. The van der Waals surface area contributed by atoms with Crippen LogP contribution in [-0.2, 0) is 6.42 Å². The van der Waals surface area contributed by atoms with Gasteiger partial charge in [0.2, 0.25) is 0 Å². The van der Waals surface area contributed by atoms with Crippen molar-refractivity contribution < 1.29 is 4.79 Å². The van der Waals surface area contributed by atoms with Crippen LogP contribution in [-0.4, -0.2) is 26.9 Å². The summed E-state index contributed by atoms with van der Waals surface area (Å²) in [5, 5.41) is 0.572. The van der Waals surface area contributed by atoms with Gasteiger partial charge in [0.15, 0.2) is 0 Å². The molecule has 0 saturated carbocycles. The number of hydrogen-bond donors (Lipinski definition) is 0. The van der Waals surface area contributed by atoms with Crippen molar-refractivity contribution in [1.82, 2.24) is 14.5 Å². The van der Waals surface area contributed by atoms with Crippen LogP contribution in [0.2, 0.25) is 0 Å². The first kappa shape index (κ1) is 25.4. The fraction of sp³-hybridized carbons (Fsp3) is 0.323. The molecular formula is C31H35N3O2. The van der Waals surface area contributed by atoms with Crippen molar-refractivity contribution in [3.05, 3.63) is 106 Å². The van der Waals surface area contributed by atoms with Crippen molar-refractivity contribution in [3.8, 4) is 5.69 Å². The van der Waals surface area contributed by atoms with Crippen molar-refractivity contribution in [3.63, 3.8) is 0 Å². The molecule has 1 aromatic heterocycles. The maximum atomic E-state index is 13.9. The SMILES string of the molecule is CCCCCN(C(=O)c1ccccc1)C(CC)c1nc2ccccc2c(=O)n1-c1ccc(CC)cc1. The minimum absolute atomic E-state index is 0.0335. The molecule has 1 heterocycles. The summed E-state index contributed by atoms with van der Waals surface area (Å²) in [6, 6.07) is 24.6. The van der Waals surface area contributed by atoms with Gasteiger partial charge < -0.3 is 4.90 Å². The Morgan fingerprint density at radius 3 is 2.25 bits per heavy atom. The highest BCUT2D eigenvalue weighted by Crippen LogP contribution is 2.28. The maximum Gasteiger partial charge on any atom is 0.266 e. The van der Waals surface area contributed by atoms with Crippen molar-refractivity contribution in [1.29, 1.82) is 0 Å². The van der Waals surface area contributed by atoms with E-state index in [2.05, 4.69) is 32.9 Å². The van der Waals surface area contributed by atoms with Gasteiger partial charge in [-0.2, -0.15) is 0 Å². The van der Waals surface area contributed by atoms with E-state index in [1.807, 2.05) is 71.6 Å². The molecular weight excluding hydrogens is 446 g/mol. The molecule has 1 unspecified atom stereocenters. The van der Waals surface area contributed by atoms with Crippen LogP contribution in [0.1, 0.15) is 74.2 Å². The van der Waals surface area contributed by atoms with Crippen LogP contribution < -0.4 is 5.56 Å². The lowest BCUT2D eigenvalue weighted by atomic mass is 10.1. The van der Waals surface area contributed by atoms with Crippen LogP contribution in [0.3, 0.4) is 0 Å². The number of amides is 1. The van der Waals surface area contributed by atoms with E-state index >= 15 is 0 Å². The lowest BCUT2D eigenvalue weighted by Gasteiger charge is -2.32. The second-order valence-electron chi connectivity index (χ2n) is 9.14. The standard InChI is InChI=1S/C31H35N3O2/c1-4-7-13-22-33(30(35)24-14-9-8-10-15-24)28(6-3)29-32-27-17-12-11-16-26(27)31(36)34(29)25-20-18-23(5-2)19-21-25/h8-12,14-21,28H,4-7,13,22H2,1-3H3. The number of fused-ring (bicyclic) bond motifs is 1. The third-order valence-corrected chi connectivity index (χ3v) is 6.75. The predicted molar refractivity (Wildman–Crippen MR) is 147 cm³/mol. The van der Waals surface area contributed by atoms with Gasteiger partial charge in [-0.25, -0.2) is 4.98 Å². The van der Waals surface area contributed by atoms with E-state index in [1.165, 1.54) is 5.56 Å². The van der Waals surface area contributed by atoms with Gasteiger partial charge in [-0.1, -0.05) is 76.1 Å². The van der Waals surface area contributed by atoms with E-state index < -0.39 is 0 Å². The van der Waals surface area contributed by atoms with Crippen LogP contribution in [0.4, 0.5) is 0 Å². The van der Waals surface area contributed by atoms with Gasteiger partial charge in [0.25, 0.3) is 11.5 Å². The molecule has 0 aliphatic heterocycles. The highest BCUT2D eigenvalue weighted by Gasteiger charge is 2.29. The zero-order valence-corrected chi connectivity index (χ0v) is 21.5. The molecule has 36 heavy (non-hydrogen) atoms. The monoisotopic (exact) mass is 481 g/mol. The van der Waals surface area contributed by atoms with Gasteiger partial charge >= 0.3 is 0 Å². The highest BCUT2D eigenvalue weighted by atomic mass is 16.2. The zero-order valence-electron chi connectivity index (χ0n) is 21.5. The third kappa shape index (κ3) is 5.25. The number of benzene rings is 3. The minimum Gasteiger partial charge on any atom is -0.328 e. The summed E-state index contributed by atoms with van der Waals surface area (Å²) in [6.45, 7) is 6.93. The smallest absolute Gasteiger partial charge is 0.266 e. The molecule has 1 amide bonds. The van der Waals surface area contributed by atoms with Gasteiger partial charge in [0.05, 0.1) is 22.6 Å². The zero-order chi connectivity index (χ0) is 25.5. The molecule has 4 aromatic rings. The second-order valence-corrected chi connectivity index (χ2v) is 9.14. The number of carbonyl (C=O) groups is 1. The Bertz CT molecular complexity index is 1360. The molecule has 4 rings (SSSR count). The lowest BCUT2D eigenvalue weighted by Crippen LogP contribution is -2.39. The first-order valence-electron chi connectivity index (χ1n) is 13.1. The Balaban J connectivity index is 1.91. The third-order valence-electron chi connectivity index (χ3n) is 6.75. The van der Waals surface area contributed by atoms with E-state index in [1.54, 1.807) is 4.57 Å². The molecule has 186 valence electrons. The van der Waals surface area contributed by atoms with E-state index in [4.69, 9.17) is 4.98 Å². The van der Waals surface area contributed by atoms with Gasteiger partial charge in [0, 0.05) is 12.1 Å². The molecule has 5 heteroatoms. The molecule has 0 aliphatic rings. The number of nitrogens with zero attached hydrogens (tertiary/aromatic N) is 3. The van der Waals surface area contributed by atoms with E-state index in [-0.39, 0.29) is 17.5 Å². The molecule has 0 aliphatic carbocycles. The van der Waals surface area contributed by atoms with Crippen LogP contribution in [0.5, 0.6) is 0 Å². The van der Waals surface area contributed by atoms with Gasteiger partial charge in [-0.3, -0.25) is 14.2 Å². The van der Waals surface area contributed by atoms with Crippen molar-refractivity contribution in [2.45, 2.75) is 58.9 Å². The molecule has 0 spiro atoms. The molecule has 5 nitrogen and oxygen atoms in total. The van der Waals surface area contributed by atoms with E-state index in [9.17, 15) is 9.59 Å². The average molecular weight is 482 g/mol. The first-order chi connectivity index (χ1) is 17.6. The number of aryl methyl sites for hydroxylation is 1. The molecule has 1 atom stereocenters. The van der Waals surface area contributed by atoms with Crippen molar-refractivity contribution >= 4 is 16.8 Å². The summed E-state index contributed by atoms with van der Waals surface area (Å²) in [4.78, 5) is 34.6. The number of carbonyl (C=O) groups excluding carboxylic acids is 1. The molecule has 0 bridgehead atoms. The van der Waals surface area contributed by atoms with E-state index in [0.29, 0.717) is 35.3 Å². The first-order valence-corrected chi connectivity index (χ1v) is 13.1. The Kier molecular flexibility index (Phi) is 8.32. The Morgan fingerprint density at radius 1 is 0.889 bits per heavy atom. The largest absolute Gasteiger partial charge is 0.328 e. The molecule has 3 aromatic carbocycles. The van der Waals surface area contributed by atoms with Gasteiger partial charge in [-0.05, 0) is 61.2 Å². The van der Waals surface area contributed by atoms with Crippen molar-refractivity contribution in [2.24, 2.45) is 0 Å². The average Bonchev–Trinajstić information content (AvgIpc) is 2.93. The van der Waals surface area contributed by atoms with Crippen molar-refractivity contribution in [2.75, 3.05) is 6.54 Å². The van der Waals surface area contributed by atoms with Crippen LogP contribution in [0.15, 0.2) is 83.7 Å². The lowest BCUT2D eigenvalue weighted by molar-refractivity contribution is 0.0655. The highest BCUT2D eigenvalue weighted by molar-refractivity contribution is 5.94. The normalized spacial score (nSPS) is 12.0. The number of aromatic nitrogens is 2. The Labute approximate surface area is 213 Å². The summed E-state index contributed by atoms with van der Waals surface area (Å²) in [5.74, 6) is 0.570. The quantitative estimate of drug-likeness (QED) is 0.236. The van der Waals surface area contributed by atoms with Gasteiger partial charge in [0.1, 0.15) is 5.82 Å². The Hall–Kier alpha value is -3.73. The number of unbranched alkanes of at least 4 members (excludes halogenated alkanes) is 2. The summed E-state index contributed by atoms with van der Waals surface area (Å²) < 4.78 is 1.71. The van der Waals surface area contributed by atoms with Crippen LogP contribution in [0, 0.1) is 0 Å². The maximum absolute atomic E-state index is 13.9. The topological polar surface area (TPSA) is 55.2 Å². The number of hydrogen-bond acceptors (Lipinski definition) is 3. The molecule has 0 fully saturated rings. The van der Waals surface area contributed by atoms with E-state index in [0.717, 1.165) is 31.4 Å². The van der Waals surface area contributed by atoms with Crippen LogP contribution >= 0.6 is 0 Å². The predicted octanol–water partition coefficient (Wildman–Crippen LogP) is 6.73. The fourth-order valence-electron chi connectivity index (χ4n) is 4.72. The fourth-order valence-corrected chi connectivity index (χ4v) is 4.72. The number of rotatable bonds is 10. The Morgan fingerprint density at radius 2 is 1.58 bits per heavy atom. The van der Waals surface area contributed by atoms with Gasteiger partial charge in [-0.15, -0.1) is 0 Å². The number of para-hydroxylation sites is 1. The summed E-state index contributed by atoms with van der Waals surface area (Å²) in [7, 11) is 0. The molecule has 0 saturated heterocycles. The van der Waals surface area contributed by atoms with Crippen LogP contribution in [0.25, 0.3) is 16.6 Å². The molecule has 0 N–H and O–H groups in total.